The fraction of sp³-hybridized carbons (Fsp3) is 0.346. The molecule has 3 aromatic rings. The number of nitrogens with one attached hydrogen (secondary N) is 1. The Bertz CT molecular complexity index is 1080. The molecule has 2 aromatic heterocycles. The maximum atomic E-state index is 12.6. The van der Waals surface area contributed by atoms with Crippen molar-refractivity contribution in [3.8, 4) is 17.4 Å². The number of ether oxygens (including phenoxy) is 3. The SMILES string of the molecule is CCOc1ccc(Oc2cc(CNC(=O)c3ccc(N4CC(C)OC(C)C4)nc3)ccn2)cc1. The van der Waals surface area contributed by atoms with Crippen LogP contribution in [0.3, 0.4) is 0 Å². The third kappa shape index (κ3) is 6.23. The number of anilines is 1. The van der Waals surface area contributed by atoms with Crippen molar-refractivity contribution in [1.29, 1.82) is 0 Å². The van der Waals surface area contributed by atoms with Gasteiger partial charge in [-0.2, -0.15) is 0 Å². The lowest BCUT2D eigenvalue weighted by Gasteiger charge is -2.36. The number of nitrogens with zero attached hydrogens (tertiary/aromatic N) is 3. The Balaban J connectivity index is 1.32. The molecule has 0 bridgehead atoms. The summed E-state index contributed by atoms with van der Waals surface area (Å²) in [7, 11) is 0. The Hall–Kier alpha value is -3.65. The number of rotatable bonds is 8. The van der Waals surface area contributed by atoms with Gasteiger partial charge in [0, 0.05) is 38.1 Å². The second-order valence-corrected chi connectivity index (χ2v) is 8.26. The maximum Gasteiger partial charge on any atom is 0.253 e. The van der Waals surface area contributed by atoms with Gasteiger partial charge in [-0.1, -0.05) is 0 Å². The summed E-state index contributed by atoms with van der Waals surface area (Å²) in [5, 5.41) is 2.93. The van der Waals surface area contributed by atoms with Crippen LogP contribution in [0, 0.1) is 0 Å². The van der Waals surface area contributed by atoms with Gasteiger partial charge >= 0.3 is 0 Å². The number of hydrogen-bond donors (Lipinski definition) is 1. The monoisotopic (exact) mass is 462 g/mol. The van der Waals surface area contributed by atoms with Crippen LogP contribution in [0.25, 0.3) is 0 Å². The van der Waals surface area contributed by atoms with E-state index in [9.17, 15) is 4.79 Å². The number of carbonyl (C=O) groups is 1. The summed E-state index contributed by atoms with van der Waals surface area (Å²) in [4.78, 5) is 23.6. The molecule has 3 heterocycles. The molecule has 0 aliphatic carbocycles. The second kappa shape index (κ2) is 11.0. The van der Waals surface area contributed by atoms with Crippen molar-refractivity contribution >= 4 is 11.7 Å². The summed E-state index contributed by atoms with van der Waals surface area (Å²) in [6.45, 7) is 8.58. The molecule has 8 heteroatoms. The van der Waals surface area contributed by atoms with Gasteiger partial charge in [0.1, 0.15) is 17.3 Å². The molecule has 2 unspecified atom stereocenters. The topological polar surface area (TPSA) is 85.8 Å². The minimum atomic E-state index is -0.187. The zero-order valence-electron chi connectivity index (χ0n) is 19.7. The highest BCUT2D eigenvalue weighted by atomic mass is 16.5. The average molecular weight is 463 g/mol. The lowest BCUT2D eigenvalue weighted by atomic mass is 10.2. The first kappa shape index (κ1) is 23.5. The Labute approximate surface area is 199 Å². The molecule has 4 rings (SSSR count). The molecule has 1 aliphatic heterocycles. The van der Waals surface area contributed by atoms with Crippen molar-refractivity contribution in [2.75, 3.05) is 24.6 Å². The highest BCUT2D eigenvalue weighted by molar-refractivity contribution is 5.94. The Morgan fingerprint density at radius 2 is 1.79 bits per heavy atom. The predicted molar refractivity (Wildman–Crippen MR) is 130 cm³/mol. The van der Waals surface area contributed by atoms with Gasteiger partial charge in [0.2, 0.25) is 5.88 Å². The lowest BCUT2D eigenvalue weighted by molar-refractivity contribution is -0.00546. The third-order valence-electron chi connectivity index (χ3n) is 5.36. The van der Waals surface area contributed by atoms with E-state index in [4.69, 9.17) is 14.2 Å². The van der Waals surface area contributed by atoms with Crippen LogP contribution in [0.1, 0.15) is 36.7 Å². The van der Waals surface area contributed by atoms with E-state index in [1.165, 1.54) is 0 Å². The van der Waals surface area contributed by atoms with Gasteiger partial charge in [-0.15, -0.1) is 0 Å². The number of morpholine rings is 1. The quantitative estimate of drug-likeness (QED) is 0.537. The van der Waals surface area contributed by atoms with Crippen molar-refractivity contribution in [1.82, 2.24) is 15.3 Å². The molecule has 1 amide bonds. The minimum absolute atomic E-state index is 0.150. The second-order valence-electron chi connectivity index (χ2n) is 8.26. The van der Waals surface area contributed by atoms with Crippen LogP contribution in [-0.2, 0) is 11.3 Å². The van der Waals surface area contributed by atoms with E-state index in [-0.39, 0.29) is 18.1 Å². The fourth-order valence-electron chi connectivity index (χ4n) is 3.86. The van der Waals surface area contributed by atoms with Gasteiger partial charge in [-0.3, -0.25) is 4.79 Å². The van der Waals surface area contributed by atoms with Crippen LogP contribution in [0.4, 0.5) is 5.82 Å². The summed E-state index contributed by atoms with van der Waals surface area (Å²) in [5.41, 5.74) is 1.39. The van der Waals surface area contributed by atoms with Gasteiger partial charge in [0.25, 0.3) is 5.91 Å². The van der Waals surface area contributed by atoms with Crippen molar-refractivity contribution in [2.24, 2.45) is 0 Å². The normalized spacial score (nSPS) is 17.8. The number of amides is 1. The molecule has 2 atom stereocenters. The molecule has 1 saturated heterocycles. The van der Waals surface area contributed by atoms with Crippen molar-refractivity contribution in [3.63, 3.8) is 0 Å². The van der Waals surface area contributed by atoms with Crippen LogP contribution in [0.5, 0.6) is 17.4 Å². The number of aromatic nitrogens is 2. The molecule has 8 nitrogen and oxygen atoms in total. The Morgan fingerprint density at radius 1 is 1.06 bits per heavy atom. The summed E-state index contributed by atoms with van der Waals surface area (Å²) < 4.78 is 17.0. The number of benzene rings is 1. The Kier molecular flexibility index (Phi) is 7.59. The van der Waals surface area contributed by atoms with Crippen molar-refractivity contribution in [2.45, 2.75) is 39.5 Å². The summed E-state index contributed by atoms with van der Waals surface area (Å²) in [6, 6.07) is 14.7. The summed E-state index contributed by atoms with van der Waals surface area (Å²) in [5.74, 6) is 2.57. The average Bonchev–Trinajstić information content (AvgIpc) is 2.84. The van der Waals surface area contributed by atoms with Crippen LogP contribution in [0.2, 0.25) is 0 Å². The lowest BCUT2D eigenvalue weighted by Crippen LogP contribution is -2.45. The van der Waals surface area contributed by atoms with Gasteiger partial charge in [0.05, 0.1) is 24.4 Å². The first-order valence-corrected chi connectivity index (χ1v) is 11.5. The smallest absolute Gasteiger partial charge is 0.253 e. The number of carbonyl (C=O) groups excluding carboxylic acids is 1. The molecule has 0 spiro atoms. The van der Waals surface area contributed by atoms with Crippen LogP contribution in [-0.4, -0.2) is 47.8 Å². The van der Waals surface area contributed by atoms with Gasteiger partial charge < -0.3 is 24.4 Å². The van der Waals surface area contributed by atoms with E-state index in [0.717, 1.165) is 30.2 Å². The first-order chi connectivity index (χ1) is 16.5. The van der Waals surface area contributed by atoms with Gasteiger partial charge in [0.15, 0.2) is 0 Å². The molecule has 1 N–H and O–H groups in total. The fourth-order valence-corrected chi connectivity index (χ4v) is 3.86. The molecule has 0 radical (unpaired) electrons. The molecule has 1 fully saturated rings. The van der Waals surface area contributed by atoms with E-state index in [0.29, 0.717) is 30.3 Å². The standard InChI is InChI=1S/C26H30N4O4/c1-4-32-22-6-8-23(9-7-22)34-25-13-20(11-12-27-25)14-29-26(31)21-5-10-24(28-15-21)30-16-18(2)33-19(3)17-30/h5-13,15,18-19H,4,14,16-17H2,1-3H3,(H,29,31). The molecular weight excluding hydrogens is 432 g/mol. The molecule has 1 aromatic carbocycles. The highest BCUT2D eigenvalue weighted by Gasteiger charge is 2.23. The molecule has 178 valence electrons. The molecular formula is C26H30N4O4. The van der Waals surface area contributed by atoms with E-state index in [1.807, 2.05) is 43.3 Å². The third-order valence-corrected chi connectivity index (χ3v) is 5.36. The summed E-state index contributed by atoms with van der Waals surface area (Å²) in [6.07, 6.45) is 3.57. The number of pyridine rings is 2. The predicted octanol–water partition coefficient (Wildman–Crippen LogP) is 4.21. The maximum absolute atomic E-state index is 12.6. The van der Waals surface area contributed by atoms with E-state index in [1.54, 1.807) is 24.5 Å². The van der Waals surface area contributed by atoms with E-state index in [2.05, 4.69) is 34.0 Å². The minimum Gasteiger partial charge on any atom is -0.494 e. The zero-order chi connectivity index (χ0) is 23.9. The van der Waals surface area contributed by atoms with Crippen molar-refractivity contribution < 1.29 is 19.0 Å². The Morgan fingerprint density at radius 3 is 2.47 bits per heavy atom. The molecule has 34 heavy (non-hydrogen) atoms. The zero-order valence-corrected chi connectivity index (χ0v) is 19.7. The largest absolute Gasteiger partial charge is 0.494 e. The van der Waals surface area contributed by atoms with E-state index < -0.39 is 0 Å². The van der Waals surface area contributed by atoms with Gasteiger partial charge in [-0.25, -0.2) is 9.97 Å². The van der Waals surface area contributed by atoms with Crippen LogP contribution in [0.15, 0.2) is 60.9 Å². The van der Waals surface area contributed by atoms with Crippen LogP contribution < -0.4 is 19.7 Å². The molecule has 1 aliphatic rings. The number of hydrogen-bond acceptors (Lipinski definition) is 7. The van der Waals surface area contributed by atoms with Gasteiger partial charge in [-0.05, 0) is 68.8 Å². The van der Waals surface area contributed by atoms with Crippen molar-refractivity contribution in [3.05, 3.63) is 72.1 Å². The van der Waals surface area contributed by atoms with Crippen LogP contribution >= 0.6 is 0 Å². The summed E-state index contributed by atoms with van der Waals surface area (Å²) >= 11 is 0. The highest BCUT2D eigenvalue weighted by Crippen LogP contribution is 2.23. The first-order valence-electron chi connectivity index (χ1n) is 11.5. The van der Waals surface area contributed by atoms with E-state index >= 15 is 0 Å². The molecule has 0 saturated carbocycles.